The molecule has 1 heterocycles. The Morgan fingerprint density at radius 2 is 1.90 bits per heavy atom. The zero-order valence-electron chi connectivity index (χ0n) is 11.9. The van der Waals surface area contributed by atoms with Gasteiger partial charge in [-0.2, -0.15) is 12.6 Å². The van der Waals surface area contributed by atoms with Crippen LogP contribution in [-0.2, 0) is 5.75 Å². The van der Waals surface area contributed by atoms with Crippen molar-refractivity contribution < 1.29 is 0 Å². The van der Waals surface area contributed by atoms with E-state index >= 15 is 0 Å². The maximum atomic E-state index is 12.5. The Labute approximate surface area is 124 Å². The second-order valence-electron chi connectivity index (χ2n) is 5.61. The van der Waals surface area contributed by atoms with Crippen LogP contribution in [0.5, 0.6) is 0 Å². The molecular formula is C17H19NOS. The first kappa shape index (κ1) is 13.5. The average Bonchev–Trinajstić information content (AvgIpc) is 3.26. The number of nitrogens with zero attached hydrogens (tertiary/aromatic N) is 1. The molecule has 0 bridgehead atoms. The second kappa shape index (κ2) is 5.13. The Kier molecular flexibility index (Phi) is 3.47. The van der Waals surface area contributed by atoms with Gasteiger partial charge in [-0.15, -0.1) is 0 Å². The molecule has 0 spiro atoms. The van der Waals surface area contributed by atoms with Crippen molar-refractivity contribution in [1.29, 1.82) is 0 Å². The summed E-state index contributed by atoms with van der Waals surface area (Å²) in [5.41, 5.74) is 5.61. The Hall–Kier alpha value is -1.48. The minimum absolute atomic E-state index is 0.123. The third kappa shape index (κ3) is 2.31. The molecule has 1 aliphatic carbocycles. The highest BCUT2D eigenvalue weighted by Gasteiger charge is 2.27. The molecule has 0 radical (unpaired) electrons. The van der Waals surface area contributed by atoms with Crippen LogP contribution in [0.2, 0.25) is 0 Å². The molecule has 3 rings (SSSR count). The summed E-state index contributed by atoms with van der Waals surface area (Å²) in [6.45, 7) is 4.22. The fraction of sp³-hybridized carbons (Fsp3) is 0.353. The Morgan fingerprint density at radius 1 is 1.15 bits per heavy atom. The van der Waals surface area contributed by atoms with E-state index in [0.29, 0.717) is 11.8 Å². The molecule has 20 heavy (non-hydrogen) atoms. The van der Waals surface area contributed by atoms with Crippen molar-refractivity contribution in [3.05, 3.63) is 57.4 Å². The fourth-order valence-electron chi connectivity index (χ4n) is 2.55. The molecule has 3 heteroatoms. The summed E-state index contributed by atoms with van der Waals surface area (Å²) < 4.78 is 1.97. The molecule has 0 amide bonds. The van der Waals surface area contributed by atoms with Crippen LogP contribution in [0, 0.1) is 13.8 Å². The lowest BCUT2D eigenvalue weighted by molar-refractivity contribution is 0.709. The van der Waals surface area contributed by atoms with Crippen molar-refractivity contribution >= 4 is 12.6 Å². The minimum Gasteiger partial charge on any atom is -0.305 e. The second-order valence-corrected chi connectivity index (χ2v) is 5.92. The number of benzene rings is 1. The van der Waals surface area contributed by atoms with Crippen LogP contribution in [0.1, 0.15) is 35.6 Å². The molecule has 1 aromatic carbocycles. The highest BCUT2D eigenvalue weighted by molar-refractivity contribution is 7.79. The van der Waals surface area contributed by atoms with E-state index in [0.717, 1.165) is 29.7 Å². The van der Waals surface area contributed by atoms with E-state index in [4.69, 9.17) is 0 Å². The molecule has 0 aliphatic heterocycles. The zero-order valence-corrected chi connectivity index (χ0v) is 12.8. The first-order chi connectivity index (χ1) is 9.61. The minimum atomic E-state index is 0.123. The molecule has 0 saturated heterocycles. The number of pyridine rings is 1. The molecule has 2 nitrogen and oxygen atoms in total. The number of rotatable bonds is 3. The highest BCUT2D eigenvalue weighted by Crippen LogP contribution is 2.37. The lowest BCUT2D eigenvalue weighted by atomic mass is 10.0. The van der Waals surface area contributed by atoms with E-state index in [9.17, 15) is 4.79 Å². The summed E-state index contributed by atoms with van der Waals surface area (Å²) in [5.74, 6) is 0.499. The first-order valence-electron chi connectivity index (χ1n) is 7.04. The van der Waals surface area contributed by atoms with Crippen molar-refractivity contribution in [3.63, 3.8) is 0 Å². The third-order valence-corrected chi connectivity index (χ3v) is 4.42. The standard InChI is InChI=1S/C17H19NOS/c1-11-3-4-13(9-12(11)2)16-8-5-14(10-20)17(19)18(16)15-6-7-15/h3-5,8-9,15,20H,6-7,10H2,1-2H3. The molecule has 2 aromatic rings. The average molecular weight is 285 g/mol. The van der Waals surface area contributed by atoms with Crippen LogP contribution in [0.3, 0.4) is 0 Å². The van der Waals surface area contributed by atoms with Gasteiger partial charge in [-0.25, -0.2) is 0 Å². The predicted octanol–water partition coefficient (Wildman–Crippen LogP) is 3.90. The van der Waals surface area contributed by atoms with Crippen LogP contribution in [0.25, 0.3) is 11.3 Å². The van der Waals surface area contributed by atoms with Crippen molar-refractivity contribution in [1.82, 2.24) is 4.57 Å². The number of aryl methyl sites for hydroxylation is 2. The van der Waals surface area contributed by atoms with E-state index in [1.165, 1.54) is 11.1 Å². The molecule has 0 unspecified atom stereocenters. The predicted molar refractivity (Wildman–Crippen MR) is 86.6 cm³/mol. The zero-order chi connectivity index (χ0) is 14.3. The van der Waals surface area contributed by atoms with E-state index in [1.807, 2.05) is 10.6 Å². The van der Waals surface area contributed by atoms with Gasteiger partial charge < -0.3 is 4.57 Å². The van der Waals surface area contributed by atoms with E-state index < -0.39 is 0 Å². The molecule has 1 aliphatic rings. The van der Waals surface area contributed by atoms with E-state index in [1.54, 1.807) is 0 Å². The van der Waals surface area contributed by atoms with Crippen LogP contribution >= 0.6 is 12.6 Å². The fourth-order valence-corrected chi connectivity index (χ4v) is 2.79. The topological polar surface area (TPSA) is 22.0 Å². The van der Waals surface area contributed by atoms with Crippen LogP contribution in [0.15, 0.2) is 35.1 Å². The van der Waals surface area contributed by atoms with Gasteiger partial charge in [0.15, 0.2) is 0 Å². The van der Waals surface area contributed by atoms with Gasteiger partial charge in [0.1, 0.15) is 0 Å². The summed E-state index contributed by atoms with van der Waals surface area (Å²) >= 11 is 4.25. The van der Waals surface area contributed by atoms with Crippen LogP contribution in [0.4, 0.5) is 0 Å². The van der Waals surface area contributed by atoms with Gasteiger partial charge in [0, 0.05) is 17.4 Å². The summed E-state index contributed by atoms with van der Waals surface area (Å²) in [4.78, 5) is 12.5. The van der Waals surface area contributed by atoms with E-state index in [2.05, 4.69) is 50.7 Å². The molecule has 104 valence electrons. The first-order valence-corrected chi connectivity index (χ1v) is 7.68. The summed E-state index contributed by atoms with van der Waals surface area (Å²) in [7, 11) is 0. The normalized spacial score (nSPS) is 14.6. The van der Waals surface area contributed by atoms with Gasteiger partial charge >= 0.3 is 0 Å². The largest absolute Gasteiger partial charge is 0.305 e. The molecule has 0 N–H and O–H groups in total. The quantitative estimate of drug-likeness (QED) is 0.849. The Balaban J connectivity index is 2.20. The highest BCUT2D eigenvalue weighted by atomic mass is 32.1. The number of hydrogen-bond donors (Lipinski definition) is 1. The van der Waals surface area contributed by atoms with Gasteiger partial charge in [0.05, 0.1) is 5.69 Å². The van der Waals surface area contributed by atoms with E-state index in [-0.39, 0.29) is 5.56 Å². The molecule has 1 saturated carbocycles. The monoisotopic (exact) mass is 285 g/mol. The van der Waals surface area contributed by atoms with Crippen molar-refractivity contribution in [2.24, 2.45) is 0 Å². The van der Waals surface area contributed by atoms with Crippen molar-refractivity contribution in [3.8, 4) is 11.3 Å². The lowest BCUT2D eigenvalue weighted by Crippen LogP contribution is -2.23. The number of thiol groups is 1. The maximum absolute atomic E-state index is 12.5. The van der Waals surface area contributed by atoms with Gasteiger partial charge in [-0.1, -0.05) is 18.2 Å². The summed E-state index contributed by atoms with van der Waals surface area (Å²) in [6, 6.07) is 10.8. The Bertz CT molecular complexity index is 713. The molecular weight excluding hydrogens is 266 g/mol. The maximum Gasteiger partial charge on any atom is 0.255 e. The third-order valence-electron chi connectivity index (χ3n) is 4.08. The lowest BCUT2D eigenvalue weighted by Gasteiger charge is -2.15. The SMILES string of the molecule is Cc1ccc(-c2ccc(CS)c(=O)n2C2CC2)cc1C. The van der Waals surface area contributed by atoms with Gasteiger partial charge in [0.2, 0.25) is 0 Å². The number of hydrogen-bond acceptors (Lipinski definition) is 2. The Morgan fingerprint density at radius 3 is 2.50 bits per heavy atom. The van der Waals surface area contributed by atoms with Crippen molar-refractivity contribution in [2.75, 3.05) is 0 Å². The molecule has 1 fully saturated rings. The van der Waals surface area contributed by atoms with Crippen LogP contribution < -0.4 is 5.56 Å². The van der Waals surface area contributed by atoms with Crippen molar-refractivity contribution in [2.45, 2.75) is 38.5 Å². The molecule has 1 aromatic heterocycles. The van der Waals surface area contributed by atoms with Gasteiger partial charge in [-0.3, -0.25) is 4.79 Å². The smallest absolute Gasteiger partial charge is 0.255 e. The van der Waals surface area contributed by atoms with Gasteiger partial charge in [-0.05, 0) is 55.5 Å². The van der Waals surface area contributed by atoms with Gasteiger partial charge in [0.25, 0.3) is 5.56 Å². The summed E-state index contributed by atoms with van der Waals surface area (Å²) in [5, 5.41) is 0. The summed E-state index contributed by atoms with van der Waals surface area (Å²) in [6.07, 6.45) is 2.21. The van der Waals surface area contributed by atoms with Crippen LogP contribution in [-0.4, -0.2) is 4.57 Å². The molecule has 0 atom stereocenters. The number of aromatic nitrogens is 1.